The summed E-state index contributed by atoms with van der Waals surface area (Å²) in [5.41, 5.74) is 0.255. The predicted octanol–water partition coefficient (Wildman–Crippen LogP) is 2.60. The second-order valence-corrected chi connectivity index (χ2v) is 7.13. The lowest BCUT2D eigenvalue weighted by Crippen LogP contribution is -2.66. The van der Waals surface area contributed by atoms with Crippen LogP contribution in [0.2, 0.25) is 0 Å². The number of nitrogens with zero attached hydrogens (tertiary/aromatic N) is 1. The van der Waals surface area contributed by atoms with Crippen molar-refractivity contribution in [1.29, 1.82) is 0 Å². The lowest BCUT2D eigenvalue weighted by molar-refractivity contribution is -0.186. The molecule has 1 amide bonds. The predicted molar refractivity (Wildman–Crippen MR) is 90.3 cm³/mol. The van der Waals surface area contributed by atoms with Gasteiger partial charge >= 0.3 is 0 Å². The molecule has 3 rings (SSSR count). The van der Waals surface area contributed by atoms with Crippen LogP contribution in [-0.2, 0) is 9.53 Å². The number of carbonyl (C=O) groups is 1. The summed E-state index contributed by atoms with van der Waals surface area (Å²) in [6.45, 7) is 4.73. The van der Waals surface area contributed by atoms with Crippen molar-refractivity contribution in [3.8, 4) is 0 Å². The quantitative estimate of drug-likeness (QED) is 0.861. The van der Waals surface area contributed by atoms with E-state index < -0.39 is 0 Å². The first kappa shape index (κ1) is 18.0. The third-order valence-corrected chi connectivity index (χ3v) is 6.12. The van der Waals surface area contributed by atoms with Crippen molar-refractivity contribution in [2.24, 2.45) is 11.3 Å². The monoisotopic (exact) mass is 330 g/mol. The van der Waals surface area contributed by atoms with Gasteiger partial charge < -0.3 is 15.0 Å². The highest BCUT2D eigenvalue weighted by molar-refractivity contribution is 5.85. The second-order valence-electron chi connectivity index (χ2n) is 7.13. The average molecular weight is 331 g/mol. The van der Waals surface area contributed by atoms with E-state index in [-0.39, 0.29) is 23.7 Å². The number of amides is 1. The average Bonchev–Trinajstić information content (AvgIpc) is 3.05. The molecule has 0 aromatic heterocycles. The molecule has 2 aliphatic carbocycles. The fourth-order valence-electron chi connectivity index (χ4n) is 4.88. The van der Waals surface area contributed by atoms with Gasteiger partial charge in [0, 0.05) is 31.7 Å². The number of carbonyl (C=O) groups excluding carboxylic acids is 1. The van der Waals surface area contributed by atoms with Crippen LogP contribution in [0.4, 0.5) is 0 Å². The molecule has 5 heteroatoms. The van der Waals surface area contributed by atoms with Crippen LogP contribution in [-0.4, -0.2) is 49.7 Å². The van der Waals surface area contributed by atoms with Crippen LogP contribution in [0.3, 0.4) is 0 Å². The molecule has 1 N–H and O–H groups in total. The number of ether oxygens (including phenoxy) is 1. The van der Waals surface area contributed by atoms with Gasteiger partial charge in [0.25, 0.3) is 0 Å². The molecule has 1 heterocycles. The Morgan fingerprint density at radius 3 is 2.64 bits per heavy atom. The molecule has 3 unspecified atom stereocenters. The van der Waals surface area contributed by atoms with E-state index in [0.717, 1.165) is 32.5 Å². The maximum atomic E-state index is 12.7. The minimum Gasteiger partial charge on any atom is -0.378 e. The SMILES string of the molecule is CCOC1CC(N(C)C(=O)C2CCNC2)C12CCCCC2.Cl. The number of hydrogen-bond donors (Lipinski definition) is 1. The molecule has 0 bridgehead atoms. The third-order valence-electron chi connectivity index (χ3n) is 6.12. The Kier molecular flexibility index (Phi) is 6.14. The van der Waals surface area contributed by atoms with Crippen LogP contribution < -0.4 is 5.32 Å². The molecule has 4 nitrogen and oxygen atoms in total. The van der Waals surface area contributed by atoms with Gasteiger partial charge in [-0.25, -0.2) is 0 Å². The van der Waals surface area contributed by atoms with E-state index in [1.165, 1.54) is 32.1 Å². The summed E-state index contributed by atoms with van der Waals surface area (Å²) in [7, 11) is 2.03. The Morgan fingerprint density at radius 2 is 2.05 bits per heavy atom. The highest BCUT2D eigenvalue weighted by atomic mass is 35.5. The summed E-state index contributed by atoms with van der Waals surface area (Å²) in [5, 5.41) is 3.31. The summed E-state index contributed by atoms with van der Waals surface area (Å²) in [4.78, 5) is 14.8. The van der Waals surface area contributed by atoms with E-state index in [4.69, 9.17) is 4.74 Å². The molecular formula is C17H31ClN2O2. The van der Waals surface area contributed by atoms with Crippen molar-refractivity contribution in [2.75, 3.05) is 26.7 Å². The Hall–Kier alpha value is -0.320. The first-order valence-electron chi connectivity index (χ1n) is 8.78. The van der Waals surface area contributed by atoms with Gasteiger partial charge in [-0.2, -0.15) is 0 Å². The number of hydrogen-bond acceptors (Lipinski definition) is 3. The van der Waals surface area contributed by atoms with Gasteiger partial charge in [-0.05, 0) is 39.2 Å². The van der Waals surface area contributed by atoms with Gasteiger partial charge in [-0.1, -0.05) is 19.3 Å². The number of nitrogens with one attached hydrogen (secondary N) is 1. The molecule has 3 fully saturated rings. The maximum Gasteiger partial charge on any atom is 0.227 e. The summed E-state index contributed by atoms with van der Waals surface area (Å²) in [5.74, 6) is 0.548. The van der Waals surface area contributed by atoms with Crippen LogP contribution >= 0.6 is 12.4 Å². The highest BCUT2D eigenvalue weighted by Crippen LogP contribution is 2.55. The lowest BCUT2D eigenvalue weighted by Gasteiger charge is -2.60. The Morgan fingerprint density at radius 1 is 1.32 bits per heavy atom. The van der Waals surface area contributed by atoms with Crippen LogP contribution in [0.5, 0.6) is 0 Å². The molecule has 3 atom stereocenters. The fourth-order valence-corrected chi connectivity index (χ4v) is 4.88. The molecule has 0 aromatic carbocycles. The molecule has 128 valence electrons. The third kappa shape index (κ3) is 3.02. The molecule has 1 spiro atoms. The van der Waals surface area contributed by atoms with Crippen molar-refractivity contribution in [3.05, 3.63) is 0 Å². The standard InChI is InChI=1S/C17H30N2O2.ClH/c1-3-21-15-11-14(17(15)8-5-4-6-9-17)19(2)16(20)13-7-10-18-12-13;/h13-15,18H,3-12H2,1-2H3;1H. The molecule has 22 heavy (non-hydrogen) atoms. The Balaban J connectivity index is 0.00000176. The second kappa shape index (κ2) is 7.50. The zero-order valence-corrected chi connectivity index (χ0v) is 14.8. The molecule has 3 aliphatic rings. The van der Waals surface area contributed by atoms with E-state index in [1.54, 1.807) is 0 Å². The van der Waals surface area contributed by atoms with E-state index in [9.17, 15) is 4.79 Å². The van der Waals surface area contributed by atoms with Crippen LogP contribution in [0.1, 0.15) is 51.9 Å². The first-order chi connectivity index (χ1) is 10.2. The zero-order valence-electron chi connectivity index (χ0n) is 14.0. The van der Waals surface area contributed by atoms with Gasteiger partial charge in [-0.15, -0.1) is 12.4 Å². The van der Waals surface area contributed by atoms with Crippen LogP contribution in [0.15, 0.2) is 0 Å². The smallest absolute Gasteiger partial charge is 0.227 e. The molecule has 1 saturated heterocycles. The van der Waals surface area contributed by atoms with E-state index >= 15 is 0 Å². The van der Waals surface area contributed by atoms with Crippen molar-refractivity contribution >= 4 is 18.3 Å². The summed E-state index contributed by atoms with van der Waals surface area (Å²) in [6.07, 6.45) is 8.84. The van der Waals surface area contributed by atoms with Crippen molar-refractivity contribution in [2.45, 2.75) is 64.0 Å². The van der Waals surface area contributed by atoms with Gasteiger partial charge in [0.2, 0.25) is 5.91 Å². The minimum atomic E-state index is 0. The maximum absolute atomic E-state index is 12.7. The number of rotatable bonds is 4. The van der Waals surface area contributed by atoms with Crippen LogP contribution in [0.25, 0.3) is 0 Å². The molecule has 1 aliphatic heterocycles. The minimum absolute atomic E-state index is 0. The molecular weight excluding hydrogens is 300 g/mol. The Bertz CT molecular complexity index is 379. The van der Waals surface area contributed by atoms with Gasteiger partial charge in [0.05, 0.1) is 12.0 Å². The molecule has 2 saturated carbocycles. The van der Waals surface area contributed by atoms with Crippen molar-refractivity contribution in [3.63, 3.8) is 0 Å². The van der Waals surface area contributed by atoms with E-state index in [0.29, 0.717) is 18.1 Å². The van der Waals surface area contributed by atoms with E-state index in [2.05, 4.69) is 17.1 Å². The normalized spacial score (nSPS) is 33.1. The number of halogens is 1. The van der Waals surface area contributed by atoms with Crippen molar-refractivity contribution < 1.29 is 9.53 Å². The highest BCUT2D eigenvalue weighted by Gasteiger charge is 2.58. The lowest BCUT2D eigenvalue weighted by atomic mass is 9.54. The topological polar surface area (TPSA) is 41.6 Å². The van der Waals surface area contributed by atoms with Crippen molar-refractivity contribution in [1.82, 2.24) is 10.2 Å². The summed E-state index contributed by atoms with van der Waals surface area (Å²) >= 11 is 0. The van der Waals surface area contributed by atoms with Crippen LogP contribution in [0, 0.1) is 11.3 Å². The fraction of sp³-hybridized carbons (Fsp3) is 0.941. The molecule has 0 aromatic rings. The zero-order chi connectivity index (χ0) is 14.9. The Labute approximate surface area is 140 Å². The van der Waals surface area contributed by atoms with Gasteiger partial charge in [0.1, 0.15) is 0 Å². The summed E-state index contributed by atoms with van der Waals surface area (Å²) in [6, 6.07) is 0.405. The largest absolute Gasteiger partial charge is 0.378 e. The van der Waals surface area contributed by atoms with E-state index in [1.807, 2.05) is 7.05 Å². The first-order valence-corrected chi connectivity index (χ1v) is 8.78. The molecule has 0 radical (unpaired) electrons. The van der Waals surface area contributed by atoms with Gasteiger partial charge in [0.15, 0.2) is 0 Å². The van der Waals surface area contributed by atoms with Gasteiger partial charge in [-0.3, -0.25) is 4.79 Å². The summed E-state index contributed by atoms with van der Waals surface area (Å²) < 4.78 is 6.01.